The summed E-state index contributed by atoms with van der Waals surface area (Å²) in [5.41, 5.74) is -0.866. The van der Waals surface area contributed by atoms with Gasteiger partial charge >= 0.3 is 5.97 Å². The van der Waals surface area contributed by atoms with Gasteiger partial charge in [-0.1, -0.05) is 6.92 Å². The van der Waals surface area contributed by atoms with Crippen LogP contribution in [0.3, 0.4) is 0 Å². The fourth-order valence-electron chi connectivity index (χ4n) is 0.531. The normalized spacial score (nSPS) is 11.5. The molecule has 0 bridgehead atoms. The predicted molar refractivity (Wildman–Crippen MR) is 40.6 cm³/mol. The molecule has 0 aliphatic rings. The van der Waals surface area contributed by atoms with Crippen LogP contribution in [0.4, 0.5) is 0 Å². The lowest BCUT2D eigenvalue weighted by Crippen LogP contribution is -2.28. The van der Waals surface area contributed by atoms with Crippen LogP contribution in [-0.4, -0.2) is 19.2 Å². The quantitative estimate of drug-likeness (QED) is 0.569. The zero-order valence-corrected chi connectivity index (χ0v) is 7.35. The average molecular weight is 159 g/mol. The number of ether oxygens (including phenoxy) is 1. The van der Waals surface area contributed by atoms with Gasteiger partial charge in [-0.3, -0.25) is 0 Å². The Balaban J connectivity index is 3.64. The van der Waals surface area contributed by atoms with Gasteiger partial charge in [-0.05, 0) is 20.3 Å². The van der Waals surface area contributed by atoms with Crippen molar-refractivity contribution >= 4 is 5.97 Å². The SMILES string of the molecule is CCCOCC(C)(C)C([O])=O. The van der Waals surface area contributed by atoms with E-state index in [-0.39, 0.29) is 6.61 Å². The lowest BCUT2D eigenvalue weighted by molar-refractivity contribution is -0.157. The van der Waals surface area contributed by atoms with Crippen molar-refractivity contribution in [2.24, 2.45) is 5.41 Å². The van der Waals surface area contributed by atoms with E-state index < -0.39 is 11.4 Å². The third kappa shape index (κ3) is 3.98. The molecule has 0 spiro atoms. The van der Waals surface area contributed by atoms with Gasteiger partial charge in [0.25, 0.3) is 0 Å². The van der Waals surface area contributed by atoms with Crippen molar-refractivity contribution < 1.29 is 14.6 Å². The Hall–Kier alpha value is -0.570. The van der Waals surface area contributed by atoms with Crippen LogP contribution in [0, 0.1) is 5.41 Å². The fourth-order valence-corrected chi connectivity index (χ4v) is 0.531. The van der Waals surface area contributed by atoms with E-state index in [1.807, 2.05) is 6.92 Å². The molecule has 0 aromatic rings. The second kappa shape index (κ2) is 4.34. The number of carbonyl (C=O) groups excluding carboxylic acids is 1. The molecule has 0 fully saturated rings. The summed E-state index contributed by atoms with van der Waals surface area (Å²) in [6.45, 7) is 6.00. The Kier molecular flexibility index (Phi) is 4.11. The number of hydrogen-bond donors (Lipinski definition) is 0. The molecular weight excluding hydrogens is 144 g/mol. The van der Waals surface area contributed by atoms with Gasteiger partial charge in [0.1, 0.15) is 0 Å². The van der Waals surface area contributed by atoms with Gasteiger partial charge in [-0.15, -0.1) is 0 Å². The Morgan fingerprint density at radius 3 is 2.36 bits per heavy atom. The number of hydrogen-bond acceptors (Lipinski definition) is 2. The molecule has 0 rings (SSSR count). The molecule has 0 aliphatic heterocycles. The smallest absolute Gasteiger partial charge is 0.363 e. The second-order valence-corrected chi connectivity index (χ2v) is 3.22. The van der Waals surface area contributed by atoms with E-state index in [0.717, 1.165) is 6.42 Å². The molecule has 0 aliphatic carbocycles. The maximum atomic E-state index is 10.4. The molecule has 0 unspecified atom stereocenters. The molecule has 11 heavy (non-hydrogen) atoms. The van der Waals surface area contributed by atoms with Crippen LogP contribution in [0.25, 0.3) is 0 Å². The molecule has 0 atom stereocenters. The molecule has 3 heteroatoms. The summed E-state index contributed by atoms with van der Waals surface area (Å²) >= 11 is 0. The van der Waals surface area contributed by atoms with Crippen molar-refractivity contribution in [2.75, 3.05) is 13.2 Å². The van der Waals surface area contributed by atoms with E-state index >= 15 is 0 Å². The first-order valence-corrected chi connectivity index (χ1v) is 3.80. The molecule has 0 aromatic carbocycles. The van der Waals surface area contributed by atoms with Crippen molar-refractivity contribution in [3.05, 3.63) is 0 Å². The van der Waals surface area contributed by atoms with Crippen LogP contribution in [0.5, 0.6) is 0 Å². The minimum Gasteiger partial charge on any atom is -0.380 e. The van der Waals surface area contributed by atoms with Crippen LogP contribution in [-0.2, 0) is 14.6 Å². The third-order valence-electron chi connectivity index (χ3n) is 1.36. The largest absolute Gasteiger partial charge is 0.380 e. The Labute approximate surface area is 67.4 Å². The fraction of sp³-hybridized carbons (Fsp3) is 0.875. The zero-order chi connectivity index (χ0) is 8.91. The molecule has 3 nitrogen and oxygen atoms in total. The maximum absolute atomic E-state index is 10.4. The summed E-state index contributed by atoms with van der Waals surface area (Å²) in [5, 5.41) is 10.4. The highest BCUT2D eigenvalue weighted by atomic mass is 16.5. The lowest BCUT2D eigenvalue weighted by Gasteiger charge is -2.16. The first kappa shape index (κ1) is 10.4. The van der Waals surface area contributed by atoms with E-state index in [0.29, 0.717) is 6.61 Å². The Morgan fingerprint density at radius 2 is 2.00 bits per heavy atom. The molecule has 0 N–H and O–H groups in total. The van der Waals surface area contributed by atoms with Gasteiger partial charge in [-0.2, -0.15) is 0 Å². The summed E-state index contributed by atoms with van der Waals surface area (Å²) in [6.07, 6.45) is 0.906. The summed E-state index contributed by atoms with van der Waals surface area (Å²) in [7, 11) is 0. The van der Waals surface area contributed by atoms with Gasteiger partial charge in [0, 0.05) is 6.61 Å². The molecule has 0 saturated heterocycles. The summed E-state index contributed by atoms with van der Waals surface area (Å²) in [5.74, 6) is -1.06. The van der Waals surface area contributed by atoms with Crippen LogP contribution in [0.15, 0.2) is 0 Å². The highest BCUT2D eigenvalue weighted by Gasteiger charge is 2.28. The first-order valence-electron chi connectivity index (χ1n) is 3.80. The molecular formula is C8H15O3. The van der Waals surface area contributed by atoms with Crippen LogP contribution in [0.2, 0.25) is 0 Å². The van der Waals surface area contributed by atoms with E-state index in [2.05, 4.69) is 0 Å². The zero-order valence-electron chi connectivity index (χ0n) is 7.35. The van der Waals surface area contributed by atoms with E-state index in [1.165, 1.54) is 0 Å². The minimum absolute atomic E-state index is 0.225. The van der Waals surface area contributed by atoms with Gasteiger partial charge in [0.05, 0.1) is 12.0 Å². The lowest BCUT2D eigenvalue weighted by atomic mass is 9.95. The molecule has 1 radical (unpaired) electrons. The average Bonchev–Trinajstić information content (AvgIpc) is 1.88. The number of carbonyl (C=O) groups is 1. The van der Waals surface area contributed by atoms with Crippen molar-refractivity contribution in [1.82, 2.24) is 0 Å². The van der Waals surface area contributed by atoms with Crippen LogP contribution < -0.4 is 0 Å². The van der Waals surface area contributed by atoms with Crippen LogP contribution in [0.1, 0.15) is 27.2 Å². The summed E-state index contributed by atoms with van der Waals surface area (Å²) in [4.78, 5) is 10.4. The monoisotopic (exact) mass is 159 g/mol. The van der Waals surface area contributed by atoms with Gasteiger partial charge < -0.3 is 4.74 Å². The van der Waals surface area contributed by atoms with Crippen LogP contribution >= 0.6 is 0 Å². The summed E-state index contributed by atoms with van der Waals surface area (Å²) < 4.78 is 5.09. The molecule has 65 valence electrons. The Morgan fingerprint density at radius 1 is 1.45 bits per heavy atom. The van der Waals surface area contributed by atoms with Gasteiger partial charge in [0.2, 0.25) is 0 Å². The number of rotatable bonds is 5. The topological polar surface area (TPSA) is 46.2 Å². The maximum Gasteiger partial charge on any atom is 0.363 e. The molecule has 0 heterocycles. The van der Waals surface area contributed by atoms with E-state index in [9.17, 15) is 9.90 Å². The molecule has 0 amide bonds. The van der Waals surface area contributed by atoms with Crippen molar-refractivity contribution in [3.63, 3.8) is 0 Å². The molecule has 0 aromatic heterocycles. The Bertz CT molecular complexity index is 129. The second-order valence-electron chi connectivity index (χ2n) is 3.22. The van der Waals surface area contributed by atoms with E-state index in [4.69, 9.17) is 4.74 Å². The van der Waals surface area contributed by atoms with Crippen molar-refractivity contribution in [2.45, 2.75) is 27.2 Å². The predicted octanol–water partition coefficient (Wildman–Crippen LogP) is 1.40. The third-order valence-corrected chi connectivity index (χ3v) is 1.36. The van der Waals surface area contributed by atoms with Gasteiger partial charge in [-0.25, -0.2) is 9.90 Å². The van der Waals surface area contributed by atoms with E-state index in [1.54, 1.807) is 13.8 Å². The minimum atomic E-state index is -1.06. The molecule has 0 saturated carbocycles. The standard InChI is InChI=1S/C8H15O3/c1-4-5-11-6-8(2,3)7(9)10/h4-6H2,1-3H3. The van der Waals surface area contributed by atoms with Crippen molar-refractivity contribution in [1.29, 1.82) is 0 Å². The summed E-state index contributed by atoms with van der Waals surface area (Å²) in [6, 6.07) is 0. The van der Waals surface area contributed by atoms with Gasteiger partial charge in [0.15, 0.2) is 0 Å². The van der Waals surface area contributed by atoms with Crippen molar-refractivity contribution in [3.8, 4) is 0 Å². The highest BCUT2D eigenvalue weighted by Crippen LogP contribution is 2.15. The first-order chi connectivity index (χ1) is 5.00. The highest BCUT2D eigenvalue weighted by molar-refractivity contribution is 5.73.